The van der Waals surface area contributed by atoms with Crippen molar-refractivity contribution in [2.24, 2.45) is 11.1 Å². The summed E-state index contributed by atoms with van der Waals surface area (Å²) in [7, 11) is 0. The van der Waals surface area contributed by atoms with Crippen LogP contribution in [-0.2, 0) is 6.54 Å². The summed E-state index contributed by atoms with van der Waals surface area (Å²) in [5.74, 6) is 0. The van der Waals surface area contributed by atoms with Crippen molar-refractivity contribution in [1.29, 1.82) is 0 Å². The second-order valence-corrected chi connectivity index (χ2v) is 6.89. The number of halogens is 1. The predicted molar refractivity (Wildman–Crippen MR) is 86.1 cm³/mol. The molecule has 1 aliphatic heterocycles. The Morgan fingerprint density at radius 3 is 2.84 bits per heavy atom. The maximum Gasteiger partial charge on any atom is 0.0346 e. The van der Waals surface area contributed by atoms with Crippen LogP contribution in [0.1, 0.15) is 18.2 Å². The Kier molecular flexibility index (Phi) is 4.51. The molecule has 0 saturated carbocycles. The van der Waals surface area contributed by atoms with Crippen LogP contribution >= 0.6 is 23.7 Å². The van der Waals surface area contributed by atoms with Crippen LogP contribution in [0.25, 0.3) is 10.1 Å². The molecule has 0 aliphatic carbocycles. The molecule has 1 unspecified atom stereocenters. The molecule has 1 saturated heterocycles. The van der Waals surface area contributed by atoms with E-state index in [1.54, 1.807) is 0 Å². The summed E-state index contributed by atoms with van der Waals surface area (Å²) in [6.45, 7) is 6.50. The first-order valence-corrected chi connectivity index (χ1v) is 7.40. The second kappa shape index (κ2) is 5.80. The van der Waals surface area contributed by atoms with Crippen LogP contribution in [0.15, 0.2) is 30.3 Å². The minimum atomic E-state index is 0. The van der Waals surface area contributed by atoms with Crippen molar-refractivity contribution in [3.05, 3.63) is 35.2 Å². The molecular formula is C15H21ClN2S. The lowest BCUT2D eigenvalue weighted by Gasteiger charge is -2.22. The van der Waals surface area contributed by atoms with Crippen molar-refractivity contribution in [3.63, 3.8) is 0 Å². The summed E-state index contributed by atoms with van der Waals surface area (Å²) in [4.78, 5) is 4.01. The first-order chi connectivity index (χ1) is 8.68. The minimum absolute atomic E-state index is 0. The lowest BCUT2D eigenvalue weighted by molar-refractivity contribution is 0.276. The lowest BCUT2D eigenvalue weighted by atomic mass is 9.90. The van der Waals surface area contributed by atoms with Crippen molar-refractivity contribution < 1.29 is 0 Å². The molecule has 2 aromatic rings. The van der Waals surface area contributed by atoms with E-state index in [0.29, 0.717) is 5.41 Å². The molecule has 2 heterocycles. The van der Waals surface area contributed by atoms with Crippen molar-refractivity contribution in [2.75, 3.05) is 19.6 Å². The van der Waals surface area contributed by atoms with Gasteiger partial charge in [-0.25, -0.2) is 0 Å². The Labute approximate surface area is 125 Å². The fourth-order valence-corrected chi connectivity index (χ4v) is 3.87. The van der Waals surface area contributed by atoms with Gasteiger partial charge in [0.15, 0.2) is 0 Å². The molecule has 1 aromatic carbocycles. The van der Waals surface area contributed by atoms with Crippen molar-refractivity contribution >= 4 is 33.8 Å². The molecule has 0 radical (unpaired) electrons. The molecule has 19 heavy (non-hydrogen) atoms. The fourth-order valence-electron chi connectivity index (χ4n) is 2.76. The molecule has 0 spiro atoms. The van der Waals surface area contributed by atoms with Gasteiger partial charge in [0.2, 0.25) is 0 Å². The fraction of sp³-hybridized carbons (Fsp3) is 0.467. The van der Waals surface area contributed by atoms with Gasteiger partial charge in [-0.3, -0.25) is 4.90 Å². The quantitative estimate of drug-likeness (QED) is 0.939. The summed E-state index contributed by atoms with van der Waals surface area (Å²) < 4.78 is 1.40. The van der Waals surface area contributed by atoms with Crippen LogP contribution in [0.2, 0.25) is 0 Å². The molecule has 0 amide bonds. The van der Waals surface area contributed by atoms with Crippen LogP contribution in [-0.4, -0.2) is 24.5 Å². The molecule has 1 fully saturated rings. The van der Waals surface area contributed by atoms with Gasteiger partial charge in [-0.1, -0.05) is 25.1 Å². The number of fused-ring (bicyclic) bond motifs is 1. The highest BCUT2D eigenvalue weighted by molar-refractivity contribution is 7.19. The van der Waals surface area contributed by atoms with Crippen LogP contribution in [0, 0.1) is 5.41 Å². The van der Waals surface area contributed by atoms with Crippen molar-refractivity contribution in [2.45, 2.75) is 19.9 Å². The SMILES string of the molecule is CC1(CN)CCN(Cc2cc3ccccc3s2)C1.Cl. The number of nitrogens with two attached hydrogens (primary N) is 1. The molecule has 1 aliphatic rings. The molecule has 4 heteroatoms. The average Bonchev–Trinajstić information content (AvgIpc) is 2.93. The van der Waals surface area contributed by atoms with Gasteiger partial charge < -0.3 is 5.73 Å². The van der Waals surface area contributed by atoms with Crippen molar-refractivity contribution in [3.8, 4) is 0 Å². The smallest absolute Gasteiger partial charge is 0.0346 e. The van der Waals surface area contributed by atoms with Gasteiger partial charge in [0, 0.05) is 22.7 Å². The summed E-state index contributed by atoms with van der Waals surface area (Å²) in [6.07, 6.45) is 1.23. The van der Waals surface area contributed by atoms with E-state index in [9.17, 15) is 0 Å². The van der Waals surface area contributed by atoms with Gasteiger partial charge in [-0.05, 0) is 42.4 Å². The molecular weight excluding hydrogens is 276 g/mol. The summed E-state index contributed by atoms with van der Waals surface area (Å²) >= 11 is 1.92. The van der Waals surface area contributed by atoms with E-state index in [-0.39, 0.29) is 12.4 Å². The monoisotopic (exact) mass is 296 g/mol. The number of hydrogen-bond acceptors (Lipinski definition) is 3. The van der Waals surface area contributed by atoms with Crippen LogP contribution < -0.4 is 5.73 Å². The number of hydrogen-bond donors (Lipinski definition) is 1. The molecule has 0 bridgehead atoms. The van der Waals surface area contributed by atoms with Gasteiger partial charge in [-0.15, -0.1) is 23.7 Å². The Morgan fingerprint density at radius 1 is 1.37 bits per heavy atom. The first-order valence-electron chi connectivity index (χ1n) is 6.58. The van der Waals surface area contributed by atoms with E-state index >= 15 is 0 Å². The third-order valence-corrected chi connectivity index (χ3v) is 5.09. The molecule has 104 valence electrons. The topological polar surface area (TPSA) is 29.3 Å². The Hall–Kier alpha value is -0.610. The van der Waals surface area contributed by atoms with Gasteiger partial charge in [-0.2, -0.15) is 0 Å². The number of benzene rings is 1. The predicted octanol–water partition coefficient (Wildman–Crippen LogP) is 3.49. The normalized spacial score (nSPS) is 23.7. The largest absolute Gasteiger partial charge is 0.330 e. The highest BCUT2D eigenvalue weighted by Gasteiger charge is 2.32. The highest BCUT2D eigenvalue weighted by atomic mass is 35.5. The number of likely N-dealkylation sites (tertiary alicyclic amines) is 1. The van der Waals surface area contributed by atoms with Gasteiger partial charge in [0.25, 0.3) is 0 Å². The van der Waals surface area contributed by atoms with Gasteiger partial charge in [0.05, 0.1) is 0 Å². The van der Waals surface area contributed by atoms with Crippen molar-refractivity contribution in [1.82, 2.24) is 4.90 Å². The zero-order chi connectivity index (χ0) is 12.6. The molecule has 1 aromatic heterocycles. The Morgan fingerprint density at radius 2 is 2.16 bits per heavy atom. The average molecular weight is 297 g/mol. The maximum absolute atomic E-state index is 5.86. The lowest BCUT2D eigenvalue weighted by Crippen LogP contribution is -2.30. The standard InChI is InChI=1S/C15H20N2S.ClH/c1-15(10-16)6-7-17(11-15)9-13-8-12-4-2-3-5-14(12)18-13;/h2-5,8H,6-7,9-11,16H2,1H3;1H. The first kappa shape index (κ1) is 14.8. The zero-order valence-electron chi connectivity index (χ0n) is 11.3. The van der Waals surface area contributed by atoms with Crippen LogP contribution in [0.3, 0.4) is 0 Å². The van der Waals surface area contributed by atoms with Gasteiger partial charge in [0.1, 0.15) is 0 Å². The Bertz CT molecular complexity index is 521. The zero-order valence-corrected chi connectivity index (χ0v) is 12.9. The van der Waals surface area contributed by atoms with Gasteiger partial charge >= 0.3 is 0 Å². The van der Waals surface area contributed by atoms with E-state index in [0.717, 1.165) is 19.6 Å². The van der Waals surface area contributed by atoms with Crippen LogP contribution in [0.4, 0.5) is 0 Å². The van der Waals surface area contributed by atoms with E-state index in [1.807, 2.05) is 11.3 Å². The van der Waals surface area contributed by atoms with E-state index in [4.69, 9.17) is 5.73 Å². The van der Waals surface area contributed by atoms with E-state index < -0.39 is 0 Å². The number of thiophene rings is 1. The number of rotatable bonds is 3. The summed E-state index contributed by atoms with van der Waals surface area (Å²) in [5, 5.41) is 1.37. The maximum atomic E-state index is 5.86. The molecule has 2 nitrogen and oxygen atoms in total. The van der Waals surface area contributed by atoms with Crippen LogP contribution in [0.5, 0.6) is 0 Å². The summed E-state index contributed by atoms with van der Waals surface area (Å²) in [5.41, 5.74) is 6.19. The molecule has 3 rings (SSSR count). The molecule has 2 N–H and O–H groups in total. The van der Waals surface area contributed by atoms with E-state index in [2.05, 4.69) is 42.2 Å². The third kappa shape index (κ3) is 3.11. The minimum Gasteiger partial charge on any atom is -0.330 e. The number of nitrogens with zero attached hydrogens (tertiary/aromatic N) is 1. The highest BCUT2D eigenvalue weighted by Crippen LogP contribution is 2.32. The molecule has 1 atom stereocenters. The third-order valence-electron chi connectivity index (χ3n) is 3.99. The van der Waals surface area contributed by atoms with E-state index in [1.165, 1.54) is 27.9 Å². The second-order valence-electron chi connectivity index (χ2n) is 5.73. The summed E-state index contributed by atoms with van der Waals surface area (Å²) in [6, 6.07) is 11.0. The Balaban J connectivity index is 0.00000133.